The van der Waals surface area contributed by atoms with Gasteiger partial charge in [-0.25, -0.2) is 8.42 Å². The van der Waals surface area contributed by atoms with E-state index in [9.17, 15) is 8.42 Å². The number of hydrogen-bond donors (Lipinski definition) is 1. The molecule has 0 amide bonds. The lowest BCUT2D eigenvalue weighted by atomic mass is 10.2. The number of ether oxygens (including phenoxy) is 1. The van der Waals surface area contributed by atoms with Crippen molar-refractivity contribution in [3.05, 3.63) is 54.1 Å². The molecular formula is C15H17NO3S. The molecule has 0 aliphatic rings. The third-order valence-corrected chi connectivity index (χ3v) is 4.34. The standard InChI is InChI=1S/C15H17NO3S/c1-3-19-14-10-8-13(9-11-14)16-20(17,18)15-7-5-4-6-12(15)2/h4-11,16H,3H2,1-2H3. The maximum Gasteiger partial charge on any atom is 0.262 e. The Bertz CT molecular complexity index is 679. The molecule has 4 nitrogen and oxygen atoms in total. The van der Waals surface area contributed by atoms with E-state index in [0.717, 1.165) is 0 Å². The Hall–Kier alpha value is -2.01. The Balaban J connectivity index is 2.22. The molecule has 106 valence electrons. The average molecular weight is 291 g/mol. The SMILES string of the molecule is CCOc1ccc(NS(=O)(=O)c2ccccc2C)cc1. The third kappa shape index (κ3) is 3.30. The number of sulfonamides is 1. The van der Waals surface area contributed by atoms with Gasteiger partial charge in [-0.2, -0.15) is 0 Å². The van der Waals surface area contributed by atoms with Crippen LogP contribution in [0.15, 0.2) is 53.4 Å². The molecule has 20 heavy (non-hydrogen) atoms. The number of hydrogen-bond acceptors (Lipinski definition) is 3. The monoisotopic (exact) mass is 291 g/mol. The lowest BCUT2D eigenvalue weighted by molar-refractivity contribution is 0.340. The highest BCUT2D eigenvalue weighted by atomic mass is 32.2. The van der Waals surface area contributed by atoms with Gasteiger partial charge in [0.05, 0.1) is 11.5 Å². The molecule has 0 heterocycles. The number of anilines is 1. The zero-order valence-corrected chi connectivity index (χ0v) is 12.3. The quantitative estimate of drug-likeness (QED) is 0.920. The summed E-state index contributed by atoms with van der Waals surface area (Å²) in [4.78, 5) is 0.286. The molecule has 2 aromatic carbocycles. The van der Waals surface area contributed by atoms with Crippen molar-refractivity contribution < 1.29 is 13.2 Å². The Morgan fingerprint density at radius 3 is 2.30 bits per heavy atom. The van der Waals surface area contributed by atoms with Crippen LogP contribution in [0.5, 0.6) is 5.75 Å². The van der Waals surface area contributed by atoms with Crippen LogP contribution >= 0.6 is 0 Å². The largest absolute Gasteiger partial charge is 0.494 e. The van der Waals surface area contributed by atoms with Gasteiger partial charge in [0.25, 0.3) is 10.0 Å². The van der Waals surface area contributed by atoms with E-state index in [-0.39, 0.29) is 4.90 Å². The van der Waals surface area contributed by atoms with Crippen molar-refractivity contribution >= 4 is 15.7 Å². The number of aryl methyl sites for hydroxylation is 1. The molecule has 0 aliphatic heterocycles. The van der Waals surface area contributed by atoms with Gasteiger partial charge in [0.1, 0.15) is 5.75 Å². The molecule has 0 fully saturated rings. The summed E-state index contributed by atoms with van der Waals surface area (Å²) in [7, 11) is -3.56. The van der Waals surface area contributed by atoms with Crippen LogP contribution in [0.25, 0.3) is 0 Å². The van der Waals surface area contributed by atoms with E-state index in [2.05, 4.69) is 4.72 Å². The topological polar surface area (TPSA) is 55.4 Å². The van der Waals surface area contributed by atoms with Gasteiger partial charge < -0.3 is 4.74 Å². The van der Waals surface area contributed by atoms with Crippen LogP contribution in [0.1, 0.15) is 12.5 Å². The minimum atomic E-state index is -3.56. The van der Waals surface area contributed by atoms with Gasteiger partial charge >= 0.3 is 0 Å². The lowest BCUT2D eigenvalue weighted by Crippen LogP contribution is -2.14. The summed E-state index contributed by atoms with van der Waals surface area (Å²) in [5.41, 5.74) is 1.22. The molecule has 2 aromatic rings. The first-order chi connectivity index (χ1) is 9.53. The summed E-state index contributed by atoms with van der Waals surface area (Å²) in [5.74, 6) is 0.714. The molecule has 0 unspecified atom stereocenters. The fourth-order valence-electron chi connectivity index (χ4n) is 1.85. The summed E-state index contributed by atoms with van der Waals surface area (Å²) in [6, 6.07) is 13.7. The molecule has 2 rings (SSSR count). The first kappa shape index (κ1) is 14.4. The highest BCUT2D eigenvalue weighted by Crippen LogP contribution is 2.21. The maximum absolute atomic E-state index is 12.3. The van der Waals surface area contributed by atoms with E-state index >= 15 is 0 Å². The van der Waals surface area contributed by atoms with Crippen LogP contribution in [0.3, 0.4) is 0 Å². The van der Waals surface area contributed by atoms with Crippen LogP contribution in [0.4, 0.5) is 5.69 Å². The summed E-state index contributed by atoms with van der Waals surface area (Å²) in [6.45, 7) is 4.25. The average Bonchev–Trinajstić information content (AvgIpc) is 2.41. The van der Waals surface area contributed by atoms with Crippen molar-refractivity contribution in [2.45, 2.75) is 18.7 Å². The van der Waals surface area contributed by atoms with Gasteiger partial charge in [-0.3, -0.25) is 4.72 Å². The fraction of sp³-hybridized carbons (Fsp3) is 0.200. The molecule has 0 atom stereocenters. The van der Waals surface area contributed by atoms with E-state index in [4.69, 9.17) is 4.74 Å². The van der Waals surface area contributed by atoms with Gasteiger partial charge in [-0.15, -0.1) is 0 Å². The zero-order valence-electron chi connectivity index (χ0n) is 11.5. The van der Waals surface area contributed by atoms with Crippen LogP contribution in [0.2, 0.25) is 0 Å². The molecule has 0 radical (unpaired) electrons. The molecule has 0 aliphatic carbocycles. The minimum Gasteiger partial charge on any atom is -0.494 e. The highest BCUT2D eigenvalue weighted by Gasteiger charge is 2.16. The third-order valence-electron chi connectivity index (χ3n) is 2.80. The number of nitrogens with one attached hydrogen (secondary N) is 1. The van der Waals surface area contributed by atoms with E-state index in [1.165, 1.54) is 0 Å². The summed E-state index contributed by atoms with van der Waals surface area (Å²) >= 11 is 0. The van der Waals surface area contributed by atoms with Crippen LogP contribution in [-0.2, 0) is 10.0 Å². The Kier molecular flexibility index (Phi) is 4.29. The van der Waals surface area contributed by atoms with Crippen molar-refractivity contribution in [3.8, 4) is 5.75 Å². The predicted molar refractivity (Wildman–Crippen MR) is 79.6 cm³/mol. The van der Waals surface area contributed by atoms with Gasteiger partial charge in [0.15, 0.2) is 0 Å². The predicted octanol–water partition coefficient (Wildman–Crippen LogP) is 3.19. The fourth-order valence-corrected chi connectivity index (χ4v) is 3.16. The van der Waals surface area contributed by atoms with E-state index in [0.29, 0.717) is 23.6 Å². The van der Waals surface area contributed by atoms with Crippen molar-refractivity contribution in [2.24, 2.45) is 0 Å². The molecule has 5 heteroatoms. The molecule has 1 N–H and O–H groups in total. The van der Waals surface area contributed by atoms with Crippen LogP contribution in [-0.4, -0.2) is 15.0 Å². The second kappa shape index (κ2) is 5.96. The maximum atomic E-state index is 12.3. The smallest absolute Gasteiger partial charge is 0.262 e. The number of rotatable bonds is 5. The van der Waals surface area contributed by atoms with Gasteiger partial charge in [0.2, 0.25) is 0 Å². The molecule has 0 saturated carbocycles. The molecule has 0 spiro atoms. The molecular weight excluding hydrogens is 274 g/mol. The van der Waals surface area contributed by atoms with Crippen molar-refractivity contribution in [2.75, 3.05) is 11.3 Å². The second-order valence-electron chi connectivity index (χ2n) is 4.33. The van der Waals surface area contributed by atoms with Gasteiger partial charge in [-0.05, 0) is 49.7 Å². The first-order valence-electron chi connectivity index (χ1n) is 6.34. The normalized spacial score (nSPS) is 11.1. The summed E-state index contributed by atoms with van der Waals surface area (Å²) < 4.78 is 32.5. The molecule has 0 saturated heterocycles. The first-order valence-corrected chi connectivity index (χ1v) is 7.82. The second-order valence-corrected chi connectivity index (χ2v) is 5.98. The minimum absolute atomic E-state index is 0.286. The lowest BCUT2D eigenvalue weighted by Gasteiger charge is -2.10. The zero-order chi connectivity index (χ0) is 14.6. The van der Waals surface area contributed by atoms with Gasteiger partial charge in [-0.1, -0.05) is 18.2 Å². The van der Waals surface area contributed by atoms with Crippen molar-refractivity contribution in [1.82, 2.24) is 0 Å². The van der Waals surface area contributed by atoms with E-state index < -0.39 is 10.0 Å². The molecule has 0 aromatic heterocycles. The van der Waals surface area contributed by atoms with E-state index in [1.54, 1.807) is 49.4 Å². The van der Waals surface area contributed by atoms with Crippen LogP contribution in [0, 0.1) is 6.92 Å². The van der Waals surface area contributed by atoms with Gasteiger partial charge in [0, 0.05) is 5.69 Å². The van der Waals surface area contributed by atoms with Crippen molar-refractivity contribution in [1.29, 1.82) is 0 Å². The number of benzene rings is 2. The van der Waals surface area contributed by atoms with Crippen LogP contribution < -0.4 is 9.46 Å². The highest BCUT2D eigenvalue weighted by molar-refractivity contribution is 7.92. The Morgan fingerprint density at radius 2 is 1.70 bits per heavy atom. The van der Waals surface area contributed by atoms with E-state index in [1.807, 2.05) is 13.0 Å². The summed E-state index contributed by atoms with van der Waals surface area (Å²) in [6.07, 6.45) is 0. The Labute approximate surface area is 119 Å². The Morgan fingerprint density at radius 1 is 1.05 bits per heavy atom. The summed E-state index contributed by atoms with van der Waals surface area (Å²) in [5, 5.41) is 0. The molecule has 0 bridgehead atoms. The van der Waals surface area contributed by atoms with Crippen molar-refractivity contribution in [3.63, 3.8) is 0 Å².